The van der Waals surface area contributed by atoms with Crippen molar-refractivity contribution in [1.82, 2.24) is 30.6 Å². The first-order valence-electron chi connectivity index (χ1n) is 12.8. The van der Waals surface area contributed by atoms with Gasteiger partial charge in [-0.15, -0.1) is 10.2 Å². The quantitative estimate of drug-likeness (QED) is 0.333. The molecule has 12 nitrogen and oxygen atoms in total. The summed E-state index contributed by atoms with van der Waals surface area (Å²) in [5.41, 5.74) is 1.49. The molecule has 0 radical (unpaired) electrons. The zero-order valence-corrected chi connectivity index (χ0v) is 19.8. The normalized spacial score (nSPS) is 14.1. The van der Waals surface area contributed by atoms with Gasteiger partial charge in [0.15, 0.2) is 17.3 Å². The van der Waals surface area contributed by atoms with Gasteiger partial charge < -0.3 is 26.0 Å². The van der Waals surface area contributed by atoms with Crippen molar-refractivity contribution in [2.75, 3.05) is 31.3 Å². The molecule has 1 aliphatic carbocycles. The summed E-state index contributed by atoms with van der Waals surface area (Å²) in [6.07, 6.45) is 3.35. The van der Waals surface area contributed by atoms with Crippen molar-refractivity contribution in [3.63, 3.8) is 0 Å². The Balaban J connectivity index is 1.65. The van der Waals surface area contributed by atoms with Gasteiger partial charge in [-0.25, -0.2) is 0 Å². The van der Waals surface area contributed by atoms with Crippen LogP contribution in [0.3, 0.4) is 0 Å². The standard InChI is InChI=1S/C24H28N8O4/c1-14(33)26-10-12-32-11-9-17(31-32)16-5-4-6-18(22(16)36-3)27-19-13-20(28-23(34)15-7-8-15)29-30-21(19)24(35)25-2/h4-6,9,11,13,15H,7-8,10,12H2,1-3H3,(H,25,35)(H,26,33)(H2,27,28,29,34)/i2D3. The first kappa shape index (κ1) is 20.9. The smallest absolute Gasteiger partial charge is 0.273 e. The molecule has 0 aliphatic heterocycles. The molecule has 1 aromatic carbocycles. The molecule has 0 atom stereocenters. The number of aromatic nitrogens is 4. The number of amides is 3. The van der Waals surface area contributed by atoms with E-state index in [2.05, 4.69) is 31.2 Å². The fourth-order valence-corrected chi connectivity index (χ4v) is 3.53. The van der Waals surface area contributed by atoms with Crippen molar-refractivity contribution in [2.45, 2.75) is 26.3 Å². The lowest BCUT2D eigenvalue weighted by Gasteiger charge is -2.16. The minimum absolute atomic E-state index is 0.0865. The highest BCUT2D eigenvalue weighted by Crippen LogP contribution is 2.38. The highest BCUT2D eigenvalue weighted by molar-refractivity contribution is 6.00. The number of anilines is 3. The van der Waals surface area contributed by atoms with Crippen molar-refractivity contribution < 1.29 is 23.2 Å². The summed E-state index contributed by atoms with van der Waals surface area (Å²) in [6, 6.07) is 8.46. The molecule has 2 heterocycles. The molecule has 3 aromatic rings. The molecule has 188 valence electrons. The molecule has 1 fully saturated rings. The van der Waals surface area contributed by atoms with Gasteiger partial charge >= 0.3 is 0 Å². The van der Waals surface area contributed by atoms with Gasteiger partial charge in [0.25, 0.3) is 5.91 Å². The molecule has 36 heavy (non-hydrogen) atoms. The maximum absolute atomic E-state index is 12.7. The molecule has 1 saturated carbocycles. The van der Waals surface area contributed by atoms with E-state index in [1.807, 2.05) is 5.32 Å². The van der Waals surface area contributed by atoms with Crippen molar-refractivity contribution in [3.8, 4) is 17.0 Å². The molecule has 4 N–H and O–H groups in total. The number of nitrogens with zero attached hydrogens (tertiary/aromatic N) is 4. The zero-order valence-electron chi connectivity index (χ0n) is 22.8. The molecule has 0 unspecified atom stereocenters. The Labute approximate surface area is 212 Å². The number of hydrogen-bond donors (Lipinski definition) is 4. The Morgan fingerprint density at radius 2 is 2.03 bits per heavy atom. The van der Waals surface area contributed by atoms with Crippen LogP contribution in [-0.2, 0) is 16.1 Å². The average Bonchev–Trinajstić information content (AvgIpc) is 3.61. The predicted molar refractivity (Wildman–Crippen MR) is 133 cm³/mol. The van der Waals surface area contributed by atoms with E-state index < -0.39 is 12.9 Å². The lowest BCUT2D eigenvalue weighted by atomic mass is 10.1. The van der Waals surface area contributed by atoms with E-state index in [9.17, 15) is 14.4 Å². The van der Waals surface area contributed by atoms with Crippen molar-refractivity contribution >= 4 is 34.9 Å². The van der Waals surface area contributed by atoms with Crippen LogP contribution < -0.4 is 26.0 Å². The van der Waals surface area contributed by atoms with Gasteiger partial charge in [-0.2, -0.15) is 5.10 Å². The highest BCUT2D eigenvalue weighted by atomic mass is 16.5. The third-order valence-corrected chi connectivity index (χ3v) is 5.44. The predicted octanol–water partition coefficient (Wildman–Crippen LogP) is 1.94. The van der Waals surface area contributed by atoms with E-state index in [0.717, 1.165) is 12.8 Å². The highest BCUT2D eigenvalue weighted by Gasteiger charge is 2.30. The minimum Gasteiger partial charge on any atom is -0.494 e. The van der Waals surface area contributed by atoms with Crippen LogP contribution in [0.1, 0.15) is 34.4 Å². The second kappa shape index (κ2) is 10.8. The average molecular weight is 496 g/mol. The first-order chi connectivity index (χ1) is 18.5. The van der Waals surface area contributed by atoms with Crippen LogP contribution in [0.25, 0.3) is 11.3 Å². The number of carbonyl (C=O) groups is 3. The second-order valence-corrected chi connectivity index (χ2v) is 8.17. The Bertz CT molecular complexity index is 1390. The van der Waals surface area contributed by atoms with E-state index in [4.69, 9.17) is 8.85 Å². The number of rotatable bonds is 10. The lowest BCUT2D eigenvalue weighted by Crippen LogP contribution is -2.24. The Morgan fingerprint density at radius 3 is 2.75 bits per heavy atom. The number of benzene rings is 1. The van der Waals surface area contributed by atoms with Crippen molar-refractivity contribution in [3.05, 3.63) is 42.2 Å². The van der Waals surface area contributed by atoms with Crippen molar-refractivity contribution in [2.24, 2.45) is 5.92 Å². The number of carbonyl (C=O) groups excluding carboxylic acids is 3. The van der Waals surface area contributed by atoms with E-state index in [1.54, 1.807) is 35.1 Å². The molecule has 12 heteroatoms. The van der Waals surface area contributed by atoms with Gasteiger partial charge in [-0.05, 0) is 31.0 Å². The summed E-state index contributed by atoms with van der Waals surface area (Å²) in [5.74, 6) is -0.895. The van der Waals surface area contributed by atoms with Gasteiger partial charge in [-0.1, -0.05) is 6.07 Å². The number of hydrogen-bond acceptors (Lipinski definition) is 8. The fourth-order valence-electron chi connectivity index (χ4n) is 3.53. The molecule has 0 bridgehead atoms. The molecule has 0 saturated heterocycles. The van der Waals surface area contributed by atoms with Gasteiger partial charge in [0.1, 0.15) is 0 Å². The summed E-state index contributed by atoms with van der Waals surface area (Å²) < 4.78 is 29.5. The SMILES string of the molecule is [2H]C([2H])([2H])NC(=O)c1nnc(NC(=O)C2CC2)cc1Nc1cccc(-c2ccn(CCNC(C)=O)n2)c1OC. The molecule has 1 aliphatic rings. The third kappa shape index (κ3) is 5.77. The van der Waals surface area contributed by atoms with Gasteiger partial charge in [-0.3, -0.25) is 19.1 Å². The number of ether oxygens (including phenoxy) is 1. The summed E-state index contributed by atoms with van der Waals surface area (Å²) in [7, 11) is 1.48. The van der Waals surface area contributed by atoms with Crippen LogP contribution in [0.5, 0.6) is 5.75 Å². The number of para-hydroxylation sites is 1. The second-order valence-electron chi connectivity index (χ2n) is 8.17. The molecule has 3 amide bonds. The number of methoxy groups -OCH3 is 1. The third-order valence-electron chi connectivity index (χ3n) is 5.44. The van der Waals surface area contributed by atoms with E-state index >= 15 is 0 Å². The van der Waals surface area contributed by atoms with Crippen LogP contribution in [0.4, 0.5) is 17.2 Å². The monoisotopic (exact) mass is 495 g/mol. The molecule has 2 aromatic heterocycles. The van der Waals surface area contributed by atoms with Crippen molar-refractivity contribution in [1.29, 1.82) is 0 Å². The van der Waals surface area contributed by atoms with Gasteiger partial charge in [0.05, 0.1) is 30.7 Å². The Kier molecular flexibility index (Phi) is 6.28. The maximum atomic E-state index is 12.7. The Morgan fingerprint density at radius 1 is 1.19 bits per heavy atom. The van der Waals surface area contributed by atoms with Crippen LogP contribution in [0, 0.1) is 5.92 Å². The zero-order chi connectivity index (χ0) is 28.2. The minimum atomic E-state index is -2.74. The molecular weight excluding hydrogens is 464 g/mol. The summed E-state index contributed by atoms with van der Waals surface area (Å²) >= 11 is 0. The van der Waals surface area contributed by atoms with Crippen LogP contribution >= 0.6 is 0 Å². The van der Waals surface area contributed by atoms with E-state index in [0.29, 0.717) is 35.8 Å². The van der Waals surface area contributed by atoms with Gasteiger partial charge in [0.2, 0.25) is 11.8 Å². The lowest BCUT2D eigenvalue weighted by molar-refractivity contribution is -0.119. The van der Waals surface area contributed by atoms with E-state index in [1.165, 1.54) is 20.1 Å². The molecule has 0 spiro atoms. The van der Waals surface area contributed by atoms with Gasteiger partial charge in [0, 0.05) is 48.3 Å². The van der Waals surface area contributed by atoms with Crippen LogP contribution in [0.15, 0.2) is 36.5 Å². The summed E-state index contributed by atoms with van der Waals surface area (Å²) in [5, 5.41) is 22.7. The van der Waals surface area contributed by atoms with Crippen LogP contribution in [-0.4, -0.2) is 58.3 Å². The first-order valence-corrected chi connectivity index (χ1v) is 11.3. The fraction of sp³-hybridized carbons (Fsp3) is 0.333. The summed E-state index contributed by atoms with van der Waals surface area (Å²) in [4.78, 5) is 36.1. The number of nitrogens with one attached hydrogen (secondary N) is 4. The topological polar surface area (TPSA) is 152 Å². The van der Waals surface area contributed by atoms with E-state index in [-0.39, 0.29) is 34.9 Å². The van der Waals surface area contributed by atoms with Crippen LogP contribution in [0.2, 0.25) is 0 Å². The summed E-state index contributed by atoms with van der Waals surface area (Å²) in [6.45, 7) is -0.408. The largest absolute Gasteiger partial charge is 0.494 e. The Hall–Kier alpha value is -4.48. The molecule has 4 rings (SSSR count). The maximum Gasteiger partial charge on any atom is 0.273 e. The molecular formula is C24H28N8O4.